The van der Waals surface area contributed by atoms with Crippen LogP contribution in [0.2, 0.25) is 0 Å². The molecule has 0 spiro atoms. The van der Waals surface area contributed by atoms with Crippen molar-refractivity contribution in [3.63, 3.8) is 0 Å². The molecule has 1 rings (SSSR count). The molecule has 0 aliphatic rings. The van der Waals surface area contributed by atoms with Crippen LogP contribution in [0, 0.1) is 13.8 Å². The Bertz CT molecular complexity index is 425. The first-order valence-corrected chi connectivity index (χ1v) is 7.28. The molecular weight excluding hydrogens is 252 g/mol. The number of hydrogen-bond acceptors (Lipinski definition) is 4. The Kier molecular flexibility index (Phi) is 6.43. The van der Waals surface area contributed by atoms with E-state index < -0.39 is 0 Å². The molecule has 1 N–H and O–H groups in total. The lowest BCUT2D eigenvalue weighted by Crippen LogP contribution is -2.23. The van der Waals surface area contributed by atoms with Gasteiger partial charge in [0.05, 0.1) is 12.2 Å². The summed E-state index contributed by atoms with van der Waals surface area (Å²) >= 11 is 0. The highest BCUT2D eigenvalue weighted by molar-refractivity contribution is 5.35. The number of nitrogens with zero attached hydrogens (tertiary/aromatic N) is 1. The molecule has 0 atom stereocenters. The second-order valence-electron chi connectivity index (χ2n) is 5.95. The van der Waals surface area contributed by atoms with E-state index in [1.807, 2.05) is 27.7 Å². The van der Waals surface area contributed by atoms with E-state index in [2.05, 4.69) is 30.2 Å². The van der Waals surface area contributed by atoms with Gasteiger partial charge in [-0.3, -0.25) is 0 Å². The Labute approximate surface area is 122 Å². The van der Waals surface area contributed by atoms with Crippen molar-refractivity contribution in [2.24, 2.45) is 0 Å². The highest BCUT2D eigenvalue weighted by atomic mass is 16.5. The Morgan fingerprint density at radius 1 is 1.20 bits per heavy atom. The lowest BCUT2D eigenvalue weighted by Gasteiger charge is -2.20. The minimum Gasteiger partial charge on any atom is -0.475 e. The van der Waals surface area contributed by atoms with Crippen LogP contribution in [0.5, 0.6) is 5.88 Å². The zero-order valence-electron chi connectivity index (χ0n) is 13.7. The van der Waals surface area contributed by atoms with Crippen LogP contribution in [0.1, 0.15) is 44.5 Å². The molecule has 0 radical (unpaired) electrons. The van der Waals surface area contributed by atoms with Crippen LogP contribution in [0.4, 0.5) is 0 Å². The summed E-state index contributed by atoms with van der Waals surface area (Å²) in [4.78, 5) is 4.50. The Morgan fingerprint density at radius 2 is 1.90 bits per heavy atom. The predicted octanol–water partition coefficient (Wildman–Crippen LogP) is 3.00. The monoisotopic (exact) mass is 280 g/mol. The molecule has 0 unspecified atom stereocenters. The molecule has 0 bridgehead atoms. The van der Waals surface area contributed by atoms with Crippen LogP contribution in [-0.4, -0.2) is 30.3 Å². The number of aryl methyl sites for hydroxylation is 2. The predicted molar refractivity (Wildman–Crippen MR) is 82.3 cm³/mol. The largest absolute Gasteiger partial charge is 0.475 e. The maximum absolute atomic E-state index is 5.82. The fraction of sp³-hybridized carbons (Fsp3) is 0.688. The molecule has 4 nitrogen and oxygen atoms in total. The van der Waals surface area contributed by atoms with Crippen molar-refractivity contribution in [1.29, 1.82) is 0 Å². The van der Waals surface area contributed by atoms with Gasteiger partial charge >= 0.3 is 0 Å². The van der Waals surface area contributed by atoms with Crippen LogP contribution in [0.15, 0.2) is 6.07 Å². The van der Waals surface area contributed by atoms with Gasteiger partial charge in [-0.2, -0.15) is 0 Å². The summed E-state index contributed by atoms with van der Waals surface area (Å²) in [6.07, 6.45) is 0. The van der Waals surface area contributed by atoms with Gasteiger partial charge in [-0.1, -0.05) is 6.92 Å². The first-order valence-electron chi connectivity index (χ1n) is 7.28. The summed E-state index contributed by atoms with van der Waals surface area (Å²) in [5.41, 5.74) is 3.19. The first-order chi connectivity index (χ1) is 9.33. The maximum atomic E-state index is 5.82. The lowest BCUT2D eigenvalue weighted by molar-refractivity contribution is -0.0169. The molecule has 1 aromatic rings. The molecule has 0 aliphatic carbocycles. The number of pyridine rings is 1. The smallest absolute Gasteiger partial charge is 0.218 e. The quantitative estimate of drug-likeness (QED) is 0.780. The third kappa shape index (κ3) is 5.88. The van der Waals surface area contributed by atoms with Gasteiger partial charge in [0.2, 0.25) is 5.88 Å². The summed E-state index contributed by atoms with van der Waals surface area (Å²) in [6, 6.07) is 2.09. The number of nitrogens with one attached hydrogen (secondary N) is 1. The third-order valence-corrected chi connectivity index (χ3v) is 2.85. The summed E-state index contributed by atoms with van der Waals surface area (Å²) in [5, 5.41) is 3.33. The number of aromatic nitrogens is 1. The minimum absolute atomic E-state index is 0.133. The molecule has 1 aromatic heterocycles. The second kappa shape index (κ2) is 7.60. The van der Waals surface area contributed by atoms with E-state index in [9.17, 15) is 0 Å². The van der Waals surface area contributed by atoms with Gasteiger partial charge in [0, 0.05) is 17.8 Å². The van der Waals surface area contributed by atoms with Gasteiger partial charge in [-0.15, -0.1) is 0 Å². The van der Waals surface area contributed by atoms with E-state index in [-0.39, 0.29) is 5.60 Å². The van der Waals surface area contributed by atoms with E-state index in [1.54, 1.807) is 0 Å². The summed E-state index contributed by atoms with van der Waals surface area (Å²) in [7, 11) is 0. The van der Waals surface area contributed by atoms with Crippen molar-refractivity contribution in [2.75, 3.05) is 19.8 Å². The lowest BCUT2D eigenvalue weighted by atomic mass is 10.1. The summed E-state index contributed by atoms with van der Waals surface area (Å²) in [5.74, 6) is 0.723. The maximum Gasteiger partial charge on any atom is 0.218 e. The van der Waals surface area contributed by atoms with Gasteiger partial charge in [0.25, 0.3) is 0 Å². The molecule has 0 amide bonds. The van der Waals surface area contributed by atoms with E-state index in [1.165, 1.54) is 5.56 Å². The Hall–Kier alpha value is -1.13. The first kappa shape index (κ1) is 16.9. The van der Waals surface area contributed by atoms with E-state index in [0.29, 0.717) is 13.2 Å². The number of rotatable bonds is 7. The summed E-state index contributed by atoms with van der Waals surface area (Å²) in [6.45, 7) is 15.1. The third-order valence-electron chi connectivity index (χ3n) is 2.85. The SMILES string of the molecule is CCNCc1c(C)cc(C)nc1OCCOC(C)(C)C. The van der Waals surface area contributed by atoms with Crippen molar-refractivity contribution >= 4 is 0 Å². The van der Waals surface area contributed by atoms with Crippen molar-refractivity contribution in [3.05, 3.63) is 22.9 Å². The van der Waals surface area contributed by atoms with Crippen LogP contribution in [0.25, 0.3) is 0 Å². The normalized spacial score (nSPS) is 11.7. The molecule has 0 aliphatic heterocycles. The van der Waals surface area contributed by atoms with Gasteiger partial charge in [-0.05, 0) is 52.8 Å². The van der Waals surface area contributed by atoms with Crippen LogP contribution in [0.3, 0.4) is 0 Å². The molecule has 0 saturated carbocycles. The Morgan fingerprint density at radius 3 is 2.50 bits per heavy atom. The average molecular weight is 280 g/mol. The van der Waals surface area contributed by atoms with Crippen molar-refractivity contribution in [1.82, 2.24) is 10.3 Å². The van der Waals surface area contributed by atoms with Crippen LogP contribution >= 0.6 is 0 Å². The molecule has 4 heteroatoms. The van der Waals surface area contributed by atoms with Gasteiger partial charge in [-0.25, -0.2) is 4.98 Å². The highest BCUT2D eigenvalue weighted by Crippen LogP contribution is 2.21. The van der Waals surface area contributed by atoms with Crippen LogP contribution in [-0.2, 0) is 11.3 Å². The van der Waals surface area contributed by atoms with E-state index >= 15 is 0 Å². The topological polar surface area (TPSA) is 43.4 Å². The zero-order valence-corrected chi connectivity index (χ0v) is 13.7. The molecule has 20 heavy (non-hydrogen) atoms. The Balaban J connectivity index is 2.67. The molecule has 0 saturated heterocycles. The van der Waals surface area contributed by atoms with Gasteiger partial charge < -0.3 is 14.8 Å². The molecule has 114 valence electrons. The standard InChI is InChI=1S/C16H28N2O2/c1-7-17-11-14-12(2)10-13(3)18-15(14)19-8-9-20-16(4,5)6/h10,17H,7-9,11H2,1-6H3. The fourth-order valence-electron chi connectivity index (χ4n) is 1.90. The molecule has 1 heterocycles. The van der Waals surface area contributed by atoms with Crippen molar-refractivity contribution < 1.29 is 9.47 Å². The van der Waals surface area contributed by atoms with E-state index in [0.717, 1.165) is 30.2 Å². The molecular formula is C16H28N2O2. The van der Waals surface area contributed by atoms with Gasteiger partial charge in [0.1, 0.15) is 6.61 Å². The zero-order chi connectivity index (χ0) is 15.2. The second-order valence-corrected chi connectivity index (χ2v) is 5.95. The number of hydrogen-bond donors (Lipinski definition) is 1. The molecule has 0 aromatic carbocycles. The van der Waals surface area contributed by atoms with Crippen LogP contribution < -0.4 is 10.1 Å². The number of ether oxygens (including phenoxy) is 2. The fourth-order valence-corrected chi connectivity index (χ4v) is 1.90. The highest BCUT2D eigenvalue weighted by Gasteiger charge is 2.12. The van der Waals surface area contributed by atoms with Gasteiger partial charge in [0.15, 0.2) is 0 Å². The average Bonchev–Trinajstić information content (AvgIpc) is 2.32. The molecule has 0 fully saturated rings. The van der Waals surface area contributed by atoms with Crippen molar-refractivity contribution in [2.45, 2.75) is 53.7 Å². The van der Waals surface area contributed by atoms with E-state index in [4.69, 9.17) is 9.47 Å². The van der Waals surface area contributed by atoms with Crippen molar-refractivity contribution in [3.8, 4) is 5.88 Å². The summed E-state index contributed by atoms with van der Waals surface area (Å²) < 4.78 is 11.5. The minimum atomic E-state index is -0.133.